The Labute approximate surface area is 161 Å². The standard InChI is InChI=1S/C20H32N4O3/c1-11(2)10-21-19(26)20(27)24-23-12(3)4-17(25)22-18-15-6-13-5-14(8-15)9-16(18)7-13/h11,13-16,18H,4-10H2,1-3H3,(H,21,26)(H,22,25)(H,24,27). The zero-order chi connectivity index (χ0) is 19.6. The summed E-state index contributed by atoms with van der Waals surface area (Å²) in [5.74, 6) is 1.71. The minimum atomic E-state index is -0.809. The molecule has 0 atom stereocenters. The fraction of sp³-hybridized carbons (Fsp3) is 0.800. The molecule has 7 heteroatoms. The number of hydrazone groups is 1. The molecule has 4 bridgehead atoms. The number of nitrogens with zero attached hydrogens (tertiary/aromatic N) is 1. The van der Waals surface area contributed by atoms with Crippen LogP contribution in [0.4, 0.5) is 0 Å². The molecule has 0 aromatic carbocycles. The molecule has 4 rings (SSSR count). The molecule has 7 nitrogen and oxygen atoms in total. The second-order valence-electron chi connectivity index (χ2n) is 9.09. The lowest BCUT2D eigenvalue weighted by Gasteiger charge is -2.54. The molecule has 3 amide bonds. The van der Waals surface area contributed by atoms with Gasteiger partial charge in [-0.25, -0.2) is 5.43 Å². The fourth-order valence-electron chi connectivity index (χ4n) is 5.24. The van der Waals surface area contributed by atoms with Crippen molar-refractivity contribution in [3.63, 3.8) is 0 Å². The van der Waals surface area contributed by atoms with E-state index in [0.29, 0.717) is 30.1 Å². The van der Waals surface area contributed by atoms with Crippen LogP contribution in [-0.4, -0.2) is 36.0 Å². The normalized spacial score (nSPS) is 31.7. The number of hydrogen-bond donors (Lipinski definition) is 3. The number of amides is 3. The Morgan fingerprint density at radius 2 is 1.56 bits per heavy atom. The van der Waals surface area contributed by atoms with Gasteiger partial charge < -0.3 is 10.6 Å². The molecule has 0 aromatic heterocycles. The molecular formula is C20H32N4O3. The number of carbonyl (C=O) groups excluding carboxylic acids is 3. The SMILES string of the molecule is CC(CC(=O)NC1C2CC3CC(C2)CC1C3)=NNC(=O)C(=O)NCC(C)C. The molecule has 0 heterocycles. The van der Waals surface area contributed by atoms with Crippen LogP contribution in [0.5, 0.6) is 0 Å². The number of hydrogen-bond acceptors (Lipinski definition) is 4. The zero-order valence-corrected chi connectivity index (χ0v) is 16.6. The molecule has 0 unspecified atom stereocenters. The van der Waals surface area contributed by atoms with Gasteiger partial charge in [0.2, 0.25) is 5.91 Å². The van der Waals surface area contributed by atoms with Crippen molar-refractivity contribution < 1.29 is 14.4 Å². The van der Waals surface area contributed by atoms with Crippen LogP contribution in [0, 0.1) is 29.6 Å². The predicted molar refractivity (Wildman–Crippen MR) is 103 cm³/mol. The molecule has 27 heavy (non-hydrogen) atoms. The lowest BCUT2D eigenvalue weighted by molar-refractivity contribution is -0.139. The number of carbonyl (C=O) groups is 3. The molecule has 4 aliphatic rings. The van der Waals surface area contributed by atoms with Crippen LogP contribution in [0.1, 0.15) is 59.3 Å². The molecule has 4 aliphatic carbocycles. The van der Waals surface area contributed by atoms with Crippen molar-refractivity contribution in [2.45, 2.75) is 65.3 Å². The highest BCUT2D eigenvalue weighted by molar-refractivity contribution is 6.35. The average molecular weight is 377 g/mol. The summed E-state index contributed by atoms with van der Waals surface area (Å²) in [6, 6.07) is 0.300. The van der Waals surface area contributed by atoms with Crippen molar-refractivity contribution in [3.8, 4) is 0 Å². The van der Waals surface area contributed by atoms with Crippen LogP contribution in [0.2, 0.25) is 0 Å². The molecule has 4 fully saturated rings. The summed E-state index contributed by atoms with van der Waals surface area (Å²) in [6.07, 6.45) is 6.55. The van der Waals surface area contributed by atoms with Gasteiger partial charge in [-0.1, -0.05) is 13.8 Å². The largest absolute Gasteiger partial charge is 0.352 e. The van der Waals surface area contributed by atoms with Crippen molar-refractivity contribution in [2.24, 2.45) is 34.7 Å². The Morgan fingerprint density at radius 3 is 2.11 bits per heavy atom. The maximum atomic E-state index is 12.4. The minimum absolute atomic E-state index is 0.0489. The van der Waals surface area contributed by atoms with Gasteiger partial charge in [0, 0.05) is 18.3 Å². The van der Waals surface area contributed by atoms with Crippen molar-refractivity contribution in [2.75, 3.05) is 6.54 Å². The molecule has 0 radical (unpaired) electrons. The zero-order valence-electron chi connectivity index (χ0n) is 16.6. The van der Waals surface area contributed by atoms with E-state index in [1.54, 1.807) is 6.92 Å². The average Bonchev–Trinajstić information content (AvgIpc) is 2.60. The van der Waals surface area contributed by atoms with Gasteiger partial charge >= 0.3 is 11.8 Å². The van der Waals surface area contributed by atoms with Gasteiger partial charge in [0.25, 0.3) is 0 Å². The van der Waals surface area contributed by atoms with E-state index in [1.807, 2.05) is 13.8 Å². The van der Waals surface area contributed by atoms with Gasteiger partial charge in [0.05, 0.1) is 6.42 Å². The summed E-state index contributed by atoms with van der Waals surface area (Å²) in [5.41, 5.74) is 2.71. The van der Waals surface area contributed by atoms with Gasteiger partial charge in [-0.15, -0.1) is 0 Å². The highest BCUT2D eigenvalue weighted by Gasteiger charge is 2.48. The van der Waals surface area contributed by atoms with Crippen LogP contribution >= 0.6 is 0 Å². The summed E-state index contributed by atoms with van der Waals surface area (Å²) in [5, 5.41) is 9.65. The Bertz CT molecular complexity index is 601. The Kier molecular flexibility index (Phi) is 6.17. The molecular weight excluding hydrogens is 344 g/mol. The number of rotatable bonds is 6. The lowest BCUT2D eigenvalue weighted by Crippen LogP contribution is -2.56. The van der Waals surface area contributed by atoms with E-state index in [-0.39, 0.29) is 18.2 Å². The Hall–Kier alpha value is -1.92. The molecule has 3 N–H and O–H groups in total. The van der Waals surface area contributed by atoms with E-state index in [2.05, 4.69) is 21.2 Å². The van der Waals surface area contributed by atoms with E-state index in [1.165, 1.54) is 32.1 Å². The second-order valence-corrected chi connectivity index (χ2v) is 9.09. The van der Waals surface area contributed by atoms with Gasteiger partial charge in [-0.2, -0.15) is 5.10 Å². The van der Waals surface area contributed by atoms with E-state index in [9.17, 15) is 14.4 Å². The first-order valence-corrected chi connectivity index (χ1v) is 10.2. The van der Waals surface area contributed by atoms with E-state index < -0.39 is 11.8 Å². The summed E-state index contributed by atoms with van der Waals surface area (Å²) in [6.45, 7) is 6.01. The predicted octanol–water partition coefficient (Wildman–Crippen LogP) is 1.58. The van der Waals surface area contributed by atoms with Gasteiger partial charge in [0.1, 0.15) is 0 Å². The third-order valence-corrected chi connectivity index (χ3v) is 6.20. The highest BCUT2D eigenvalue weighted by atomic mass is 16.2. The van der Waals surface area contributed by atoms with Crippen LogP contribution in [-0.2, 0) is 14.4 Å². The first kappa shape index (κ1) is 19.8. The molecule has 0 spiro atoms. The third-order valence-electron chi connectivity index (χ3n) is 6.20. The topological polar surface area (TPSA) is 99.7 Å². The van der Waals surface area contributed by atoms with Gasteiger partial charge in [0.15, 0.2) is 0 Å². The smallest absolute Gasteiger partial charge is 0.329 e. The summed E-state index contributed by atoms with van der Waals surface area (Å²) in [7, 11) is 0. The summed E-state index contributed by atoms with van der Waals surface area (Å²) in [4.78, 5) is 35.7. The van der Waals surface area contributed by atoms with Gasteiger partial charge in [-0.05, 0) is 68.6 Å². The van der Waals surface area contributed by atoms with Crippen molar-refractivity contribution >= 4 is 23.4 Å². The highest BCUT2D eigenvalue weighted by Crippen LogP contribution is 2.53. The Balaban J connectivity index is 1.43. The quantitative estimate of drug-likeness (QED) is 0.373. The van der Waals surface area contributed by atoms with Crippen molar-refractivity contribution in [3.05, 3.63) is 0 Å². The van der Waals surface area contributed by atoms with E-state index in [0.717, 1.165) is 11.8 Å². The number of nitrogens with one attached hydrogen (secondary N) is 3. The molecule has 0 aliphatic heterocycles. The van der Waals surface area contributed by atoms with Crippen LogP contribution in [0.25, 0.3) is 0 Å². The van der Waals surface area contributed by atoms with Crippen LogP contribution in [0.3, 0.4) is 0 Å². The molecule has 4 saturated carbocycles. The summed E-state index contributed by atoms with van der Waals surface area (Å²) >= 11 is 0. The fourth-order valence-corrected chi connectivity index (χ4v) is 5.24. The maximum absolute atomic E-state index is 12.4. The molecule has 150 valence electrons. The minimum Gasteiger partial charge on any atom is -0.352 e. The molecule has 0 saturated heterocycles. The summed E-state index contributed by atoms with van der Waals surface area (Å²) < 4.78 is 0. The van der Waals surface area contributed by atoms with Crippen LogP contribution in [0.15, 0.2) is 5.10 Å². The second kappa shape index (κ2) is 8.40. The monoisotopic (exact) mass is 376 g/mol. The van der Waals surface area contributed by atoms with Crippen LogP contribution < -0.4 is 16.1 Å². The van der Waals surface area contributed by atoms with Crippen molar-refractivity contribution in [1.82, 2.24) is 16.1 Å². The molecule has 0 aromatic rings. The van der Waals surface area contributed by atoms with Crippen molar-refractivity contribution in [1.29, 1.82) is 0 Å². The Morgan fingerprint density at radius 1 is 0.963 bits per heavy atom. The van der Waals surface area contributed by atoms with E-state index in [4.69, 9.17) is 0 Å². The lowest BCUT2D eigenvalue weighted by atomic mass is 9.54. The van der Waals surface area contributed by atoms with E-state index >= 15 is 0 Å². The van der Waals surface area contributed by atoms with Gasteiger partial charge in [-0.3, -0.25) is 14.4 Å². The first-order chi connectivity index (χ1) is 12.8. The third kappa shape index (κ3) is 5.08. The maximum Gasteiger partial charge on any atom is 0.329 e. The first-order valence-electron chi connectivity index (χ1n) is 10.2.